The first kappa shape index (κ1) is 14.0. The van der Waals surface area contributed by atoms with Gasteiger partial charge in [-0.2, -0.15) is 0 Å². The molecule has 0 aliphatic carbocycles. The smallest absolute Gasteiger partial charge is 0.287 e. The molecule has 0 atom stereocenters. The first-order chi connectivity index (χ1) is 9.60. The number of aryl methyl sites for hydroxylation is 1. The van der Waals surface area contributed by atoms with Gasteiger partial charge in [0.05, 0.1) is 4.92 Å². The third-order valence-electron chi connectivity index (χ3n) is 3.19. The lowest BCUT2D eigenvalue weighted by Crippen LogP contribution is -2.17. The Balaban J connectivity index is 2.06. The van der Waals surface area contributed by atoms with Crippen molar-refractivity contribution in [2.75, 3.05) is 11.9 Å². The zero-order valence-corrected chi connectivity index (χ0v) is 11.6. The van der Waals surface area contributed by atoms with E-state index >= 15 is 0 Å². The van der Waals surface area contributed by atoms with E-state index in [2.05, 4.69) is 36.2 Å². The largest absolute Gasteiger partial charge is 0.355 e. The van der Waals surface area contributed by atoms with Crippen LogP contribution in [0.25, 0.3) is 0 Å². The predicted molar refractivity (Wildman–Crippen MR) is 78.8 cm³/mol. The summed E-state index contributed by atoms with van der Waals surface area (Å²) >= 11 is 0. The molecule has 1 aromatic heterocycles. The number of pyridine rings is 1. The molecule has 0 aliphatic heterocycles. The quantitative estimate of drug-likeness (QED) is 0.619. The second kappa shape index (κ2) is 6.14. The molecule has 2 aromatic rings. The Morgan fingerprint density at radius 2 is 1.80 bits per heavy atom. The summed E-state index contributed by atoms with van der Waals surface area (Å²) in [6, 6.07) is 11.6. The highest BCUT2D eigenvalue weighted by Gasteiger charge is 2.08. The molecule has 104 valence electrons. The van der Waals surface area contributed by atoms with Crippen LogP contribution in [-0.2, 0) is 13.0 Å². The van der Waals surface area contributed by atoms with Gasteiger partial charge in [-0.05, 0) is 23.6 Å². The van der Waals surface area contributed by atoms with E-state index < -0.39 is 4.92 Å². The lowest BCUT2D eigenvalue weighted by molar-refractivity contribution is -0.385. The van der Waals surface area contributed by atoms with Crippen LogP contribution in [0.3, 0.4) is 0 Å². The minimum Gasteiger partial charge on any atom is -0.355 e. The molecule has 0 N–H and O–H groups in total. The summed E-state index contributed by atoms with van der Waals surface area (Å²) in [5, 5.41) is 10.6. The molecule has 1 aromatic carbocycles. The van der Waals surface area contributed by atoms with Gasteiger partial charge in [-0.25, -0.2) is 4.98 Å². The van der Waals surface area contributed by atoms with Crippen molar-refractivity contribution in [1.82, 2.24) is 4.98 Å². The van der Waals surface area contributed by atoms with Gasteiger partial charge in [0.1, 0.15) is 12.0 Å². The normalized spacial score (nSPS) is 10.3. The average Bonchev–Trinajstić information content (AvgIpc) is 2.48. The first-order valence-electron chi connectivity index (χ1n) is 6.49. The number of hydrogen-bond donors (Lipinski definition) is 0. The second-order valence-corrected chi connectivity index (χ2v) is 4.66. The van der Waals surface area contributed by atoms with E-state index in [1.165, 1.54) is 23.4 Å². The van der Waals surface area contributed by atoms with E-state index in [1.807, 2.05) is 11.9 Å². The predicted octanol–water partition coefficient (Wildman–Crippen LogP) is 3.19. The van der Waals surface area contributed by atoms with Gasteiger partial charge in [0.25, 0.3) is 5.69 Å². The third-order valence-corrected chi connectivity index (χ3v) is 3.19. The molecule has 0 radical (unpaired) electrons. The van der Waals surface area contributed by atoms with Crippen molar-refractivity contribution in [3.8, 4) is 0 Å². The lowest BCUT2D eigenvalue weighted by atomic mass is 10.1. The van der Waals surface area contributed by atoms with Crippen LogP contribution >= 0.6 is 0 Å². The summed E-state index contributed by atoms with van der Waals surface area (Å²) in [6.45, 7) is 2.84. The van der Waals surface area contributed by atoms with E-state index in [0.717, 1.165) is 18.8 Å². The summed E-state index contributed by atoms with van der Waals surface area (Å²) < 4.78 is 0. The van der Waals surface area contributed by atoms with Crippen molar-refractivity contribution in [3.63, 3.8) is 0 Å². The Hall–Kier alpha value is -2.43. The van der Waals surface area contributed by atoms with Crippen LogP contribution in [0.1, 0.15) is 18.1 Å². The molecule has 1 heterocycles. The number of nitro groups is 1. The van der Waals surface area contributed by atoms with E-state index in [1.54, 1.807) is 6.07 Å². The molecule has 0 aliphatic rings. The molecule has 0 spiro atoms. The third kappa shape index (κ3) is 3.32. The average molecular weight is 271 g/mol. The number of benzene rings is 1. The van der Waals surface area contributed by atoms with Crippen LogP contribution < -0.4 is 4.90 Å². The Labute approximate surface area is 118 Å². The van der Waals surface area contributed by atoms with E-state index in [0.29, 0.717) is 0 Å². The van der Waals surface area contributed by atoms with Crippen molar-refractivity contribution in [2.24, 2.45) is 0 Å². The van der Waals surface area contributed by atoms with Crippen LogP contribution in [-0.4, -0.2) is 17.0 Å². The molecule has 0 fully saturated rings. The van der Waals surface area contributed by atoms with Gasteiger partial charge in [-0.15, -0.1) is 0 Å². The Bertz CT molecular complexity index is 579. The van der Waals surface area contributed by atoms with E-state index in [4.69, 9.17) is 0 Å². The van der Waals surface area contributed by atoms with Gasteiger partial charge in [0.15, 0.2) is 0 Å². The Morgan fingerprint density at radius 1 is 1.15 bits per heavy atom. The highest BCUT2D eigenvalue weighted by molar-refractivity contribution is 5.43. The van der Waals surface area contributed by atoms with Crippen LogP contribution in [0.15, 0.2) is 42.6 Å². The van der Waals surface area contributed by atoms with Gasteiger partial charge < -0.3 is 4.90 Å². The highest BCUT2D eigenvalue weighted by atomic mass is 16.6. The lowest BCUT2D eigenvalue weighted by Gasteiger charge is -2.18. The molecular formula is C15H17N3O2. The van der Waals surface area contributed by atoms with Crippen molar-refractivity contribution >= 4 is 11.5 Å². The zero-order chi connectivity index (χ0) is 14.5. The van der Waals surface area contributed by atoms with Crippen molar-refractivity contribution in [1.29, 1.82) is 0 Å². The summed E-state index contributed by atoms with van der Waals surface area (Å²) in [5.74, 6) is 0.718. The number of aromatic nitrogens is 1. The molecule has 20 heavy (non-hydrogen) atoms. The summed E-state index contributed by atoms with van der Waals surface area (Å²) in [5.41, 5.74) is 2.50. The Kier molecular flexibility index (Phi) is 4.30. The zero-order valence-electron chi connectivity index (χ0n) is 11.6. The van der Waals surface area contributed by atoms with Crippen LogP contribution in [0.4, 0.5) is 11.5 Å². The number of anilines is 1. The molecule has 0 amide bonds. The molecule has 0 saturated heterocycles. The number of hydrogen-bond acceptors (Lipinski definition) is 4. The molecule has 0 saturated carbocycles. The minimum atomic E-state index is -0.444. The fourth-order valence-electron chi connectivity index (χ4n) is 1.95. The monoisotopic (exact) mass is 271 g/mol. The number of rotatable bonds is 5. The van der Waals surface area contributed by atoms with Gasteiger partial charge >= 0.3 is 0 Å². The molecule has 5 nitrogen and oxygen atoms in total. The second-order valence-electron chi connectivity index (χ2n) is 4.66. The molecule has 0 unspecified atom stereocenters. The van der Waals surface area contributed by atoms with Gasteiger partial charge in [-0.3, -0.25) is 10.1 Å². The maximum absolute atomic E-state index is 10.6. The van der Waals surface area contributed by atoms with Crippen molar-refractivity contribution in [2.45, 2.75) is 19.9 Å². The van der Waals surface area contributed by atoms with Crippen LogP contribution in [0, 0.1) is 10.1 Å². The fourth-order valence-corrected chi connectivity index (χ4v) is 1.95. The van der Waals surface area contributed by atoms with Crippen LogP contribution in [0.5, 0.6) is 0 Å². The van der Waals surface area contributed by atoms with Crippen LogP contribution in [0.2, 0.25) is 0 Å². The van der Waals surface area contributed by atoms with Crippen molar-refractivity contribution < 1.29 is 4.92 Å². The first-order valence-corrected chi connectivity index (χ1v) is 6.49. The highest BCUT2D eigenvalue weighted by Crippen LogP contribution is 2.17. The van der Waals surface area contributed by atoms with Gasteiger partial charge in [-0.1, -0.05) is 31.2 Å². The number of nitrogens with zero attached hydrogens (tertiary/aromatic N) is 3. The summed E-state index contributed by atoms with van der Waals surface area (Å²) in [6.07, 6.45) is 2.31. The van der Waals surface area contributed by atoms with E-state index in [-0.39, 0.29) is 5.69 Å². The maximum Gasteiger partial charge on any atom is 0.287 e. The minimum absolute atomic E-state index is 0.00875. The SMILES string of the molecule is CCc1ccc(CN(C)c2ccc([N+](=O)[O-])cn2)cc1. The molecule has 2 rings (SSSR count). The summed E-state index contributed by atoms with van der Waals surface area (Å²) in [7, 11) is 1.92. The standard InChI is InChI=1S/C15H17N3O2/c1-3-12-4-6-13(7-5-12)11-17(2)15-9-8-14(10-16-15)18(19)20/h4-10H,3,11H2,1-2H3. The fraction of sp³-hybridized carbons (Fsp3) is 0.267. The molecular weight excluding hydrogens is 254 g/mol. The van der Waals surface area contributed by atoms with E-state index in [9.17, 15) is 10.1 Å². The van der Waals surface area contributed by atoms with Gasteiger partial charge in [0, 0.05) is 19.7 Å². The summed E-state index contributed by atoms with van der Waals surface area (Å²) in [4.78, 5) is 16.2. The molecule has 0 bridgehead atoms. The Morgan fingerprint density at radius 3 is 2.30 bits per heavy atom. The van der Waals surface area contributed by atoms with Crippen molar-refractivity contribution in [3.05, 3.63) is 63.8 Å². The maximum atomic E-state index is 10.6. The van der Waals surface area contributed by atoms with Gasteiger partial charge in [0.2, 0.25) is 0 Å². The molecule has 5 heteroatoms. The topological polar surface area (TPSA) is 59.3 Å².